The van der Waals surface area contributed by atoms with Crippen molar-refractivity contribution in [2.45, 2.75) is 31.6 Å². The molecule has 1 aliphatic rings. The Morgan fingerprint density at radius 1 is 0.786 bits per heavy atom. The van der Waals surface area contributed by atoms with Crippen LogP contribution in [0.5, 0.6) is 0 Å². The lowest BCUT2D eigenvalue weighted by molar-refractivity contribution is 0.385. The van der Waals surface area contributed by atoms with E-state index in [9.17, 15) is 8.78 Å². The fourth-order valence-corrected chi connectivity index (χ4v) is 3.92. The predicted molar refractivity (Wildman–Crippen MR) is 110 cm³/mol. The van der Waals surface area contributed by atoms with Gasteiger partial charge in [0.05, 0.1) is 0 Å². The maximum Gasteiger partial charge on any atom is 0.166 e. The first-order chi connectivity index (χ1) is 13.6. The molecule has 0 saturated heterocycles. The third kappa shape index (κ3) is 3.78. The number of hydrogen-bond donors (Lipinski definition) is 0. The van der Waals surface area contributed by atoms with E-state index in [-0.39, 0.29) is 5.39 Å². The van der Waals surface area contributed by atoms with Crippen molar-refractivity contribution in [3.05, 3.63) is 82.9 Å². The summed E-state index contributed by atoms with van der Waals surface area (Å²) < 4.78 is 27.1. The van der Waals surface area contributed by atoms with Crippen LogP contribution in [0.25, 0.3) is 10.8 Å². The number of benzene rings is 3. The Morgan fingerprint density at radius 3 is 2.18 bits per heavy atom. The summed E-state index contributed by atoms with van der Waals surface area (Å²) in [4.78, 5) is 0. The minimum absolute atomic E-state index is 0.273. The van der Waals surface area contributed by atoms with Crippen molar-refractivity contribution in [1.29, 1.82) is 0 Å². The molecule has 0 aromatic heterocycles. The molecule has 3 aromatic rings. The summed E-state index contributed by atoms with van der Waals surface area (Å²) in [7, 11) is 0. The van der Waals surface area contributed by atoms with Crippen molar-refractivity contribution in [2.24, 2.45) is 5.92 Å². The summed E-state index contributed by atoms with van der Waals surface area (Å²) in [5.41, 5.74) is 3.06. The van der Waals surface area contributed by atoms with Gasteiger partial charge in [-0.2, -0.15) is 0 Å². The summed E-state index contributed by atoms with van der Waals surface area (Å²) in [6.45, 7) is 0. The van der Waals surface area contributed by atoms with Gasteiger partial charge < -0.3 is 0 Å². The van der Waals surface area contributed by atoms with E-state index in [1.54, 1.807) is 24.3 Å². The average Bonchev–Trinajstić information content (AvgIpc) is 2.75. The first-order valence-corrected chi connectivity index (χ1v) is 9.60. The maximum atomic E-state index is 13.8. The Balaban J connectivity index is 1.50. The molecule has 0 radical (unpaired) electrons. The van der Waals surface area contributed by atoms with Gasteiger partial charge in [0.25, 0.3) is 0 Å². The lowest BCUT2D eigenvalue weighted by Gasteiger charge is -2.25. The number of rotatable bonds is 1. The van der Waals surface area contributed by atoms with Crippen molar-refractivity contribution < 1.29 is 8.78 Å². The van der Waals surface area contributed by atoms with Crippen LogP contribution in [0.2, 0.25) is 0 Å². The summed E-state index contributed by atoms with van der Waals surface area (Å²) in [6.07, 6.45) is 10.0. The molecule has 0 N–H and O–H groups in total. The minimum Gasteiger partial charge on any atom is -0.204 e. The van der Waals surface area contributed by atoms with Crippen LogP contribution in [0.1, 0.15) is 48.3 Å². The van der Waals surface area contributed by atoms with Crippen LogP contribution in [0, 0.1) is 41.7 Å². The number of fused-ring (bicyclic) bond motifs is 1. The van der Waals surface area contributed by atoms with Gasteiger partial charge in [-0.05, 0) is 72.9 Å². The average molecular weight is 370 g/mol. The highest BCUT2D eigenvalue weighted by molar-refractivity contribution is 5.84. The van der Waals surface area contributed by atoms with Gasteiger partial charge in [-0.15, -0.1) is 12.3 Å². The first-order valence-electron chi connectivity index (χ1n) is 9.60. The molecule has 0 unspecified atom stereocenters. The largest absolute Gasteiger partial charge is 0.204 e. The smallest absolute Gasteiger partial charge is 0.166 e. The quantitative estimate of drug-likeness (QED) is 0.433. The van der Waals surface area contributed by atoms with Gasteiger partial charge in [0, 0.05) is 22.4 Å². The van der Waals surface area contributed by atoms with Crippen molar-refractivity contribution in [3.8, 4) is 24.2 Å². The van der Waals surface area contributed by atoms with E-state index in [2.05, 4.69) is 29.9 Å². The third-order valence-electron chi connectivity index (χ3n) is 5.60. The van der Waals surface area contributed by atoms with Crippen molar-refractivity contribution in [2.75, 3.05) is 0 Å². The van der Waals surface area contributed by atoms with Gasteiger partial charge in [-0.3, -0.25) is 0 Å². The number of halogens is 2. The van der Waals surface area contributed by atoms with Gasteiger partial charge >= 0.3 is 0 Å². The Morgan fingerprint density at radius 2 is 1.46 bits per heavy atom. The Kier molecular flexibility index (Phi) is 5.14. The SMILES string of the molecule is C#CC1CCC(c2ccc(C#Cc3ccc4c(F)c(F)ccc4c3)cc2)CC1. The normalized spacial score (nSPS) is 18.9. The van der Waals surface area contributed by atoms with E-state index in [1.807, 2.05) is 12.1 Å². The summed E-state index contributed by atoms with van der Waals surface area (Å²) in [5, 5.41) is 0.915. The molecule has 3 aromatic carbocycles. The standard InChI is InChI=1S/C26H20F2/c1-2-18-5-10-21(11-6-18)22-12-7-19(8-13-22)3-4-20-9-15-24-23(17-20)14-16-25(27)26(24)28/h1,7-9,12-18,21H,5-6,10-11H2. The van der Waals surface area contributed by atoms with Crippen LogP contribution in [0.15, 0.2) is 54.6 Å². The molecule has 0 nitrogen and oxygen atoms in total. The molecule has 1 fully saturated rings. The third-order valence-corrected chi connectivity index (χ3v) is 5.60. The van der Waals surface area contributed by atoms with Gasteiger partial charge in [-0.25, -0.2) is 8.78 Å². The lowest BCUT2D eigenvalue weighted by Crippen LogP contribution is -2.11. The Labute approximate surface area is 164 Å². The monoisotopic (exact) mass is 370 g/mol. The molecule has 1 aliphatic carbocycles. The van der Waals surface area contributed by atoms with Gasteiger partial charge in [0.2, 0.25) is 0 Å². The number of hydrogen-bond acceptors (Lipinski definition) is 0. The molecule has 0 heterocycles. The second kappa shape index (κ2) is 7.87. The van der Waals surface area contributed by atoms with Gasteiger partial charge in [0.15, 0.2) is 11.6 Å². The van der Waals surface area contributed by atoms with Crippen molar-refractivity contribution in [3.63, 3.8) is 0 Å². The zero-order chi connectivity index (χ0) is 19.5. The zero-order valence-electron chi connectivity index (χ0n) is 15.5. The second-order valence-corrected chi connectivity index (χ2v) is 7.38. The first kappa shape index (κ1) is 18.3. The van der Waals surface area contributed by atoms with Gasteiger partial charge in [-0.1, -0.05) is 36.1 Å². The highest BCUT2D eigenvalue weighted by Crippen LogP contribution is 2.35. The predicted octanol–water partition coefficient (Wildman–Crippen LogP) is 6.42. The van der Waals surface area contributed by atoms with Crippen LogP contribution in [0.3, 0.4) is 0 Å². The second-order valence-electron chi connectivity index (χ2n) is 7.38. The van der Waals surface area contributed by atoms with E-state index in [0.29, 0.717) is 17.2 Å². The molecule has 4 rings (SSSR count). The van der Waals surface area contributed by atoms with Crippen LogP contribution in [-0.4, -0.2) is 0 Å². The lowest BCUT2D eigenvalue weighted by atomic mass is 9.79. The van der Waals surface area contributed by atoms with Crippen LogP contribution < -0.4 is 0 Å². The minimum atomic E-state index is -0.834. The molecule has 0 spiro atoms. The van der Waals surface area contributed by atoms with Gasteiger partial charge in [0.1, 0.15) is 0 Å². The highest BCUT2D eigenvalue weighted by Gasteiger charge is 2.20. The van der Waals surface area contributed by atoms with E-state index >= 15 is 0 Å². The Bertz CT molecular complexity index is 1100. The molecule has 2 heteroatoms. The molecule has 0 atom stereocenters. The molecular formula is C26H20F2. The number of terminal acetylenes is 1. The summed E-state index contributed by atoms with van der Waals surface area (Å²) in [5.74, 6) is 8.52. The van der Waals surface area contributed by atoms with Crippen molar-refractivity contribution in [1.82, 2.24) is 0 Å². The molecule has 1 saturated carbocycles. The molecule has 0 amide bonds. The molecule has 28 heavy (non-hydrogen) atoms. The van der Waals surface area contributed by atoms with E-state index in [4.69, 9.17) is 6.42 Å². The van der Waals surface area contributed by atoms with Crippen molar-refractivity contribution >= 4 is 10.8 Å². The van der Waals surface area contributed by atoms with Crippen LogP contribution in [-0.2, 0) is 0 Å². The van der Waals surface area contributed by atoms with E-state index in [1.165, 1.54) is 5.56 Å². The fraction of sp³-hybridized carbons (Fsp3) is 0.231. The zero-order valence-corrected chi connectivity index (χ0v) is 15.5. The molecule has 138 valence electrons. The molecule has 0 bridgehead atoms. The Hall–Kier alpha value is -3.10. The van der Waals surface area contributed by atoms with Crippen LogP contribution in [0.4, 0.5) is 8.78 Å². The summed E-state index contributed by atoms with van der Waals surface area (Å²) >= 11 is 0. The molecule has 0 aliphatic heterocycles. The highest BCUT2D eigenvalue weighted by atomic mass is 19.2. The van der Waals surface area contributed by atoms with E-state index in [0.717, 1.165) is 42.9 Å². The maximum absolute atomic E-state index is 13.8. The van der Waals surface area contributed by atoms with Crippen LogP contribution >= 0.6 is 0 Å². The summed E-state index contributed by atoms with van der Waals surface area (Å²) in [6, 6.07) is 16.2. The van der Waals surface area contributed by atoms with E-state index < -0.39 is 11.6 Å². The fourth-order valence-electron chi connectivity index (χ4n) is 3.92. The molecular weight excluding hydrogens is 350 g/mol. The topological polar surface area (TPSA) is 0 Å².